The first kappa shape index (κ1) is 25.4. The summed E-state index contributed by atoms with van der Waals surface area (Å²) in [5.74, 6) is -0.190. The summed E-state index contributed by atoms with van der Waals surface area (Å²) in [6, 6.07) is 14.6. The predicted molar refractivity (Wildman–Crippen MR) is 134 cm³/mol. The molecular formula is C24H31ClN4O3S. The van der Waals surface area contributed by atoms with Crippen molar-refractivity contribution in [3.05, 3.63) is 65.2 Å². The Balaban J connectivity index is 1.43. The number of carbonyl (C=O) groups excluding carboxylic acids is 1. The van der Waals surface area contributed by atoms with Gasteiger partial charge in [-0.05, 0) is 23.8 Å². The number of amides is 1. The molecule has 2 aromatic carbocycles. The molecule has 0 unspecified atom stereocenters. The van der Waals surface area contributed by atoms with Gasteiger partial charge in [-0.25, -0.2) is 12.7 Å². The fourth-order valence-electron chi connectivity index (χ4n) is 3.54. The highest BCUT2D eigenvalue weighted by Gasteiger charge is 2.20. The third-order valence-corrected chi connectivity index (χ3v) is 7.72. The Morgan fingerprint density at radius 3 is 2.39 bits per heavy atom. The van der Waals surface area contributed by atoms with Crippen molar-refractivity contribution >= 4 is 39.3 Å². The number of halogens is 1. The molecule has 1 saturated heterocycles. The van der Waals surface area contributed by atoms with Gasteiger partial charge in [0.1, 0.15) is 0 Å². The quantitative estimate of drug-likeness (QED) is 0.584. The fraction of sp³-hybridized carbons (Fsp3) is 0.375. The highest BCUT2D eigenvalue weighted by molar-refractivity contribution is 7.89. The van der Waals surface area contributed by atoms with E-state index in [0.717, 1.165) is 37.0 Å². The van der Waals surface area contributed by atoms with E-state index < -0.39 is 10.0 Å². The molecular weight excluding hydrogens is 460 g/mol. The first-order valence-corrected chi connectivity index (χ1v) is 12.8. The van der Waals surface area contributed by atoms with Crippen LogP contribution >= 0.6 is 11.6 Å². The lowest BCUT2D eigenvalue weighted by atomic mass is 10.2. The molecule has 3 rings (SSSR count). The number of benzene rings is 2. The van der Waals surface area contributed by atoms with Gasteiger partial charge in [0.15, 0.2) is 0 Å². The second-order valence-electron chi connectivity index (χ2n) is 8.18. The lowest BCUT2D eigenvalue weighted by molar-refractivity contribution is -0.116. The first-order chi connectivity index (χ1) is 15.8. The van der Waals surface area contributed by atoms with Crippen LogP contribution in [-0.2, 0) is 14.8 Å². The van der Waals surface area contributed by atoms with Crippen molar-refractivity contribution in [3.63, 3.8) is 0 Å². The maximum atomic E-state index is 12.5. The molecule has 1 heterocycles. The van der Waals surface area contributed by atoms with Crippen LogP contribution in [0.15, 0.2) is 59.5 Å². The van der Waals surface area contributed by atoms with E-state index in [1.807, 2.05) is 18.2 Å². The van der Waals surface area contributed by atoms with Crippen molar-refractivity contribution in [2.75, 3.05) is 58.7 Å². The number of carbonyl (C=O) groups is 1. The highest BCUT2D eigenvalue weighted by atomic mass is 35.5. The number of anilines is 1. The van der Waals surface area contributed by atoms with Crippen molar-refractivity contribution in [2.24, 2.45) is 0 Å². The van der Waals surface area contributed by atoms with Crippen LogP contribution in [0.5, 0.6) is 0 Å². The largest absolute Gasteiger partial charge is 0.325 e. The molecule has 1 N–H and O–H groups in total. The molecule has 7 nitrogen and oxygen atoms in total. The predicted octanol–water partition coefficient (Wildman–Crippen LogP) is 3.25. The number of hydrogen-bond acceptors (Lipinski definition) is 5. The summed E-state index contributed by atoms with van der Waals surface area (Å²) in [5.41, 5.74) is 1.51. The van der Waals surface area contributed by atoms with Crippen LogP contribution in [0.2, 0.25) is 5.02 Å². The van der Waals surface area contributed by atoms with Gasteiger partial charge >= 0.3 is 0 Å². The normalized spacial score (nSPS) is 15.9. The molecule has 1 aliphatic heterocycles. The summed E-state index contributed by atoms with van der Waals surface area (Å²) in [6.07, 6.45) is 4.64. The maximum Gasteiger partial charge on any atom is 0.242 e. The molecule has 9 heteroatoms. The Labute approximate surface area is 201 Å². The van der Waals surface area contributed by atoms with E-state index in [2.05, 4.69) is 39.4 Å². The Hall–Kier alpha value is -2.23. The van der Waals surface area contributed by atoms with E-state index in [-0.39, 0.29) is 10.8 Å². The number of sulfonamides is 1. The second-order valence-corrected chi connectivity index (χ2v) is 10.7. The van der Waals surface area contributed by atoms with E-state index in [9.17, 15) is 13.2 Å². The molecule has 0 aliphatic carbocycles. The fourth-order valence-corrected chi connectivity index (χ4v) is 4.63. The number of piperazine rings is 1. The summed E-state index contributed by atoms with van der Waals surface area (Å²) in [7, 11) is -0.684. The van der Waals surface area contributed by atoms with Gasteiger partial charge in [0, 0.05) is 59.8 Å². The summed E-state index contributed by atoms with van der Waals surface area (Å²) in [6.45, 7) is 5.28. The number of nitrogens with zero attached hydrogens (tertiary/aromatic N) is 3. The van der Waals surface area contributed by atoms with Gasteiger partial charge in [0.2, 0.25) is 15.9 Å². The SMILES string of the molecule is CN(C)S(=O)(=O)c1ccc(Cl)c(NC(=O)CCN2CCN(C/C=C/c3ccccc3)CC2)c1. The molecule has 33 heavy (non-hydrogen) atoms. The zero-order chi connectivity index (χ0) is 23.8. The molecule has 1 amide bonds. The van der Waals surface area contributed by atoms with Crippen LogP contribution in [0.3, 0.4) is 0 Å². The lowest BCUT2D eigenvalue weighted by Crippen LogP contribution is -2.46. The maximum absolute atomic E-state index is 12.5. The first-order valence-electron chi connectivity index (χ1n) is 10.9. The topological polar surface area (TPSA) is 73.0 Å². The number of nitrogens with one attached hydrogen (secondary N) is 1. The van der Waals surface area contributed by atoms with E-state index in [0.29, 0.717) is 23.7 Å². The van der Waals surface area contributed by atoms with Crippen molar-refractivity contribution in [1.82, 2.24) is 14.1 Å². The molecule has 0 radical (unpaired) electrons. The summed E-state index contributed by atoms with van der Waals surface area (Å²) >= 11 is 6.17. The van der Waals surface area contributed by atoms with E-state index in [1.54, 1.807) is 0 Å². The monoisotopic (exact) mass is 490 g/mol. The zero-order valence-electron chi connectivity index (χ0n) is 19.1. The van der Waals surface area contributed by atoms with Gasteiger partial charge in [-0.2, -0.15) is 0 Å². The van der Waals surface area contributed by atoms with Gasteiger partial charge in [-0.15, -0.1) is 0 Å². The van der Waals surface area contributed by atoms with Crippen LogP contribution in [0.1, 0.15) is 12.0 Å². The van der Waals surface area contributed by atoms with Crippen LogP contribution in [0, 0.1) is 0 Å². The minimum atomic E-state index is -3.60. The molecule has 0 saturated carbocycles. The minimum absolute atomic E-state index is 0.0876. The Morgan fingerprint density at radius 2 is 1.73 bits per heavy atom. The van der Waals surface area contributed by atoms with Gasteiger partial charge in [0.05, 0.1) is 15.6 Å². The third kappa shape index (κ3) is 7.38. The van der Waals surface area contributed by atoms with Crippen LogP contribution in [-0.4, -0.2) is 81.8 Å². The van der Waals surface area contributed by atoms with E-state index in [4.69, 9.17) is 11.6 Å². The molecule has 1 aliphatic rings. The molecule has 0 bridgehead atoms. The molecule has 0 aromatic heterocycles. The smallest absolute Gasteiger partial charge is 0.242 e. The van der Waals surface area contributed by atoms with Gasteiger partial charge < -0.3 is 10.2 Å². The summed E-state index contributed by atoms with van der Waals surface area (Å²) in [4.78, 5) is 17.2. The van der Waals surface area contributed by atoms with E-state index in [1.165, 1.54) is 37.9 Å². The molecule has 178 valence electrons. The van der Waals surface area contributed by atoms with Crippen molar-refractivity contribution in [3.8, 4) is 0 Å². The van der Waals surface area contributed by atoms with Crippen molar-refractivity contribution in [1.29, 1.82) is 0 Å². The van der Waals surface area contributed by atoms with Crippen LogP contribution in [0.25, 0.3) is 6.08 Å². The standard InChI is InChI=1S/C24H31ClN4O3S/c1-27(2)33(31,32)21-10-11-22(25)23(19-21)26-24(30)12-14-29-17-15-28(16-18-29)13-6-9-20-7-4-3-5-8-20/h3-11,19H,12-18H2,1-2H3,(H,26,30)/b9-6+. The minimum Gasteiger partial charge on any atom is -0.325 e. The second kappa shape index (κ2) is 11.8. The third-order valence-electron chi connectivity index (χ3n) is 5.58. The lowest BCUT2D eigenvalue weighted by Gasteiger charge is -2.34. The Morgan fingerprint density at radius 1 is 1.06 bits per heavy atom. The summed E-state index contributed by atoms with van der Waals surface area (Å²) < 4.78 is 25.8. The molecule has 1 fully saturated rings. The van der Waals surface area contributed by atoms with Gasteiger partial charge in [-0.1, -0.05) is 54.1 Å². The average Bonchev–Trinajstić information content (AvgIpc) is 2.80. The number of rotatable bonds is 9. The molecule has 2 aromatic rings. The molecule has 0 atom stereocenters. The van der Waals surface area contributed by atoms with Crippen molar-refractivity contribution < 1.29 is 13.2 Å². The summed E-state index contributed by atoms with van der Waals surface area (Å²) in [5, 5.41) is 3.06. The Bertz CT molecular complexity index is 1070. The highest BCUT2D eigenvalue weighted by Crippen LogP contribution is 2.26. The van der Waals surface area contributed by atoms with Crippen LogP contribution in [0.4, 0.5) is 5.69 Å². The van der Waals surface area contributed by atoms with E-state index >= 15 is 0 Å². The number of hydrogen-bond donors (Lipinski definition) is 1. The van der Waals surface area contributed by atoms with Gasteiger partial charge in [0.25, 0.3) is 0 Å². The van der Waals surface area contributed by atoms with Crippen LogP contribution < -0.4 is 5.32 Å². The van der Waals surface area contributed by atoms with Crippen molar-refractivity contribution in [2.45, 2.75) is 11.3 Å². The average molecular weight is 491 g/mol. The Kier molecular flexibility index (Phi) is 9.05. The zero-order valence-corrected chi connectivity index (χ0v) is 20.6. The van der Waals surface area contributed by atoms with Gasteiger partial charge in [-0.3, -0.25) is 9.69 Å². The molecule has 0 spiro atoms.